The summed E-state index contributed by atoms with van der Waals surface area (Å²) in [6.07, 6.45) is 2.29. The molecule has 0 aromatic heterocycles. The van der Waals surface area contributed by atoms with Gasteiger partial charge in [-0.15, -0.1) is 0 Å². The molecule has 1 atom stereocenters. The Morgan fingerprint density at radius 1 is 1.21 bits per heavy atom. The quantitative estimate of drug-likeness (QED) is 0.746. The van der Waals surface area contributed by atoms with Gasteiger partial charge in [0.2, 0.25) is 0 Å². The molecule has 0 aromatic carbocycles. The average Bonchev–Trinajstić information content (AvgIpc) is 3.21. The molecule has 2 amide bonds. The summed E-state index contributed by atoms with van der Waals surface area (Å²) in [7, 11) is 0. The molecule has 1 saturated heterocycles. The number of carbonyl (C=O) groups excluding carboxylic acids is 1. The molecule has 1 aliphatic heterocycles. The van der Waals surface area contributed by atoms with Gasteiger partial charge in [-0.25, -0.2) is 4.79 Å². The lowest BCUT2D eigenvalue weighted by Crippen LogP contribution is -2.48. The molecule has 1 heterocycles. The molecular formula is C14H28N4O. The zero-order valence-electron chi connectivity index (χ0n) is 12.3. The van der Waals surface area contributed by atoms with Gasteiger partial charge in [-0.05, 0) is 25.3 Å². The van der Waals surface area contributed by atoms with Crippen molar-refractivity contribution >= 4 is 6.03 Å². The van der Waals surface area contributed by atoms with E-state index in [4.69, 9.17) is 0 Å². The first-order valence-electron chi connectivity index (χ1n) is 7.66. The predicted molar refractivity (Wildman–Crippen MR) is 77.3 cm³/mol. The molecule has 110 valence electrons. The summed E-state index contributed by atoms with van der Waals surface area (Å²) in [5.74, 6) is 0.512. The lowest BCUT2D eigenvalue weighted by Gasteiger charge is -2.35. The predicted octanol–water partition coefficient (Wildman–Crippen LogP) is 0.722. The first-order chi connectivity index (χ1) is 9.17. The van der Waals surface area contributed by atoms with Crippen molar-refractivity contribution in [1.29, 1.82) is 0 Å². The van der Waals surface area contributed by atoms with E-state index in [1.54, 1.807) is 0 Å². The Hall–Kier alpha value is -0.810. The lowest BCUT2D eigenvalue weighted by molar-refractivity contribution is 0.124. The second-order valence-electron chi connectivity index (χ2n) is 5.97. The molecular weight excluding hydrogens is 240 g/mol. The normalized spacial score (nSPS) is 23.1. The third-order valence-electron chi connectivity index (χ3n) is 4.01. The van der Waals surface area contributed by atoms with Crippen LogP contribution in [0.25, 0.3) is 0 Å². The molecule has 1 aliphatic carbocycles. The number of hydrogen-bond donors (Lipinski definition) is 2. The molecule has 0 bridgehead atoms. The van der Waals surface area contributed by atoms with Gasteiger partial charge in [-0.2, -0.15) is 0 Å². The maximum absolute atomic E-state index is 11.5. The highest BCUT2D eigenvalue weighted by Crippen LogP contribution is 2.18. The summed E-state index contributed by atoms with van der Waals surface area (Å²) in [5.41, 5.74) is 0. The fraction of sp³-hybridized carbons (Fsp3) is 0.929. The van der Waals surface area contributed by atoms with Crippen molar-refractivity contribution in [1.82, 2.24) is 20.4 Å². The van der Waals surface area contributed by atoms with Crippen LogP contribution in [0, 0.1) is 5.92 Å². The Kier molecular flexibility index (Phi) is 5.45. The van der Waals surface area contributed by atoms with Crippen molar-refractivity contribution < 1.29 is 4.79 Å². The van der Waals surface area contributed by atoms with E-state index in [1.165, 1.54) is 13.1 Å². The summed E-state index contributed by atoms with van der Waals surface area (Å²) in [4.78, 5) is 16.5. The summed E-state index contributed by atoms with van der Waals surface area (Å²) in [5, 5.41) is 5.93. The van der Waals surface area contributed by atoms with Gasteiger partial charge in [0, 0.05) is 45.3 Å². The number of likely N-dealkylation sites (N-methyl/N-ethyl adjacent to an activating group) is 1. The molecule has 2 aliphatic rings. The molecule has 2 fully saturated rings. The van der Waals surface area contributed by atoms with Crippen molar-refractivity contribution in [2.45, 2.75) is 32.7 Å². The first kappa shape index (κ1) is 14.6. The zero-order chi connectivity index (χ0) is 13.7. The number of nitrogens with zero attached hydrogens (tertiary/aromatic N) is 2. The van der Waals surface area contributed by atoms with E-state index in [1.807, 2.05) is 0 Å². The maximum Gasteiger partial charge on any atom is 0.315 e. The SMILES string of the molecule is CCN1CCN(C[C@@H](C)CNC(=O)NC2CC2)CC1. The Morgan fingerprint density at radius 3 is 2.42 bits per heavy atom. The van der Waals surface area contributed by atoms with Crippen LogP contribution < -0.4 is 10.6 Å². The standard InChI is InChI=1S/C14H28N4O/c1-3-17-6-8-18(9-7-17)11-12(2)10-15-14(19)16-13-4-5-13/h12-13H,3-11H2,1-2H3,(H2,15,16,19)/t12-/m0/s1. The highest BCUT2D eigenvalue weighted by atomic mass is 16.2. The Bertz CT molecular complexity index is 285. The number of urea groups is 1. The van der Waals surface area contributed by atoms with Crippen LogP contribution in [0.5, 0.6) is 0 Å². The van der Waals surface area contributed by atoms with Gasteiger partial charge < -0.3 is 20.4 Å². The molecule has 2 N–H and O–H groups in total. The molecule has 2 rings (SSSR count). The van der Waals surface area contributed by atoms with Crippen molar-refractivity contribution in [3.05, 3.63) is 0 Å². The van der Waals surface area contributed by atoms with Gasteiger partial charge in [-0.3, -0.25) is 0 Å². The third-order valence-corrected chi connectivity index (χ3v) is 4.01. The van der Waals surface area contributed by atoms with Crippen LogP contribution >= 0.6 is 0 Å². The minimum Gasteiger partial charge on any atom is -0.338 e. The van der Waals surface area contributed by atoms with Crippen molar-refractivity contribution in [2.24, 2.45) is 5.92 Å². The average molecular weight is 268 g/mol. The number of piperazine rings is 1. The number of amides is 2. The highest BCUT2D eigenvalue weighted by molar-refractivity contribution is 5.74. The minimum atomic E-state index is 0.00477. The topological polar surface area (TPSA) is 47.6 Å². The summed E-state index contributed by atoms with van der Waals surface area (Å²) in [6, 6.07) is 0.447. The molecule has 5 nitrogen and oxygen atoms in total. The van der Waals surface area contributed by atoms with Gasteiger partial charge in [0.25, 0.3) is 0 Å². The van der Waals surface area contributed by atoms with Gasteiger partial charge in [0.1, 0.15) is 0 Å². The van der Waals surface area contributed by atoms with E-state index in [0.717, 1.165) is 45.6 Å². The van der Waals surface area contributed by atoms with E-state index in [-0.39, 0.29) is 6.03 Å². The van der Waals surface area contributed by atoms with E-state index >= 15 is 0 Å². The van der Waals surface area contributed by atoms with Crippen LogP contribution in [-0.4, -0.2) is 67.7 Å². The van der Waals surface area contributed by atoms with E-state index in [2.05, 4.69) is 34.3 Å². The molecule has 0 aromatic rings. The minimum absolute atomic E-state index is 0.00477. The molecule has 19 heavy (non-hydrogen) atoms. The largest absolute Gasteiger partial charge is 0.338 e. The van der Waals surface area contributed by atoms with E-state index in [0.29, 0.717) is 12.0 Å². The zero-order valence-corrected chi connectivity index (χ0v) is 12.3. The van der Waals surface area contributed by atoms with Gasteiger partial charge in [0.15, 0.2) is 0 Å². The van der Waals surface area contributed by atoms with Crippen LogP contribution in [0.1, 0.15) is 26.7 Å². The summed E-state index contributed by atoms with van der Waals surface area (Å²) in [6.45, 7) is 12.1. The molecule has 0 spiro atoms. The number of hydrogen-bond acceptors (Lipinski definition) is 3. The number of rotatable bonds is 6. The number of nitrogens with one attached hydrogen (secondary N) is 2. The van der Waals surface area contributed by atoms with Gasteiger partial charge in [-0.1, -0.05) is 13.8 Å². The Labute approximate surface area is 116 Å². The third kappa shape index (κ3) is 5.37. The van der Waals surface area contributed by atoms with Gasteiger partial charge in [0.05, 0.1) is 0 Å². The van der Waals surface area contributed by atoms with Crippen LogP contribution in [0.2, 0.25) is 0 Å². The molecule has 0 radical (unpaired) electrons. The van der Waals surface area contributed by atoms with Crippen LogP contribution in [0.15, 0.2) is 0 Å². The second-order valence-corrected chi connectivity index (χ2v) is 5.97. The smallest absolute Gasteiger partial charge is 0.315 e. The highest BCUT2D eigenvalue weighted by Gasteiger charge is 2.23. The fourth-order valence-electron chi connectivity index (χ4n) is 2.52. The fourth-order valence-corrected chi connectivity index (χ4v) is 2.52. The maximum atomic E-state index is 11.5. The van der Waals surface area contributed by atoms with Crippen molar-refractivity contribution in [2.75, 3.05) is 45.8 Å². The Morgan fingerprint density at radius 2 is 1.84 bits per heavy atom. The molecule has 5 heteroatoms. The second kappa shape index (κ2) is 7.10. The van der Waals surface area contributed by atoms with Crippen LogP contribution in [0.3, 0.4) is 0 Å². The summed E-state index contributed by atoms with van der Waals surface area (Å²) >= 11 is 0. The lowest BCUT2D eigenvalue weighted by atomic mass is 10.1. The van der Waals surface area contributed by atoms with Crippen LogP contribution in [-0.2, 0) is 0 Å². The Balaban J connectivity index is 1.56. The van der Waals surface area contributed by atoms with Crippen molar-refractivity contribution in [3.63, 3.8) is 0 Å². The van der Waals surface area contributed by atoms with E-state index in [9.17, 15) is 4.79 Å². The van der Waals surface area contributed by atoms with E-state index < -0.39 is 0 Å². The summed E-state index contributed by atoms with van der Waals surface area (Å²) < 4.78 is 0. The monoisotopic (exact) mass is 268 g/mol. The van der Waals surface area contributed by atoms with Gasteiger partial charge >= 0.3 is 6.03 Å². The molecule has 1 saturated carbocycles. The van der Waals surface area contributed by atoms with Crippen molar-refractivity contribution in [3.8, 4) is 0 Å². The number of carbonyl (C=O) groups is 1. The first-order valence-corrected chi connectivity index (χ1v) is 7.66. The molecule has 0 unspecified atom stereocenters. The van der Waals surface area contributed by atoms with Crippen LogP contribution in [0.4, 0.5) is 4.79 Å².